The molecule has 1 fully saturated rings. The number of carbonyl (C=O) groups excluding carboxylic acids is 1. The van der Waals surface area contributed by atoms with Crippen molar-refractivity contribution in [3.63, 3.8) is 0 Å². The van der Waals surface area contributed by atoms with Crippen molar-refractivity contribution in [2.24, 2.45) is 0 Å². The van der Waals surface area contributed by atoms with Crippen molar-refractivity contribution >= 4 is 17.5 Å². The average Bonchev–Trinajstić information content (AvgIpc) is 3.11. The molecule has 0 bridgehead atoms. The number of nitrogens with one attached hydrogen (secondary N) is 2. The van der Waals surface area contributed by atoms with Crippen molar-refractivity contribution in [3.8, 4) is 0 Å². The normalized spacial score (nSPS) is 16.9. The Morgan fingerprint density at radius 2 is 2.00 bits per heavy atom. The number of aromatic nitrogens is 4. The van der Waals surface area contributed by atoms with Gasteiger partial charge in [-0.3, -0.25) is 4.79 Å². The van der Waals surface area contributed by atoms with Crippen LogP contribution in [0, 0.1) is 13.8 Å². The highest BCUT2D eigenvalue weighted by Gasteiger charge is 2.35. The van der Waals surface area contributed by atoms with E-state index in [2.05, 4.69) is 30.6 Å². The van der Waals surface area contributed by atoms with Crippen LogP contribution in [0.1, 0.15) is 34.1 Å². The van der Waals surface area contributed by atoms with Crippen molar-refractivity contribution in [1.82, 2.24) is 25.3 Å². The molecule has 0 saturated carbocycles. The van der Waals surface area contributed by atoms with Gasteiger partial charge in [0.1, 0.15) is 11.6 Å². The third kappa shape index (κ3) is 4.12. The molecule has 1 atom stereocenters. The zero-order valence-corrected chi connectivity index (χ0v) is 15.6. The lowest BCUT2D eigenvalue weighted by molar-refractivity contribution is -0.144. The van der Waals surface area contributed by atoms with Crippen molar-refractivity contribution in [3.05, 3.63) is 35.2 Å². The number of amides is 1. The molecule has 11 heteroatoms. The van der Waals surface area contributed by atoms with Gasteiger partial charge in [0.05, 0.1) is 0 Å². The summed E-state index contributed by atoms with van der Waals surface area (Å²) in [5, 5.41) is 5.52. The maximum atomic E-state index is 12.8. The van der Waals surface area contributed by atoms with Crippen LogP contribution in [-0.4, -0.2) is 52.0 Å². The van der Waals surface area contributed by atoms with Gasteiger partial charge in [-0.2, -0.15) is 13.2 Å². The summed E-state index contributed by atoms with van der Waals surface area (Å²) >= 11 is 0. The van der Waals surface area contributed by atoms with E-state index in [1.807, 2.05) is 11.8 Å². The number of nitrogens with zero attached hydrogens (tertiary/aromatic N) is 5. The van der Waals surface area contributed by atoms with E-state index in [1.54, 1.807) is 6.92 Å². The number of aryl methyl sites for hydroxylation is 1. The van der Waals surface area contributed by atoms with Crippen LogP contribution in [0.2, 0.25) is 0 Å². The van der Waals surface area contributed by atoms with Crippen molar-refractivity contribution < 1.29 is 18.0 Å². The molecule has 0 radical (unpaired) electrons. The highest BCUT2D eigenvalue weighted by Crippen LogP contribution is 2.28. The van der Waals surface area contributed by atoms with E-state index in [0.717, 1.165) is 11.8 Å². The number of hydrogen-bond acceptors (Lipinski definition) is 7. The molecule has 2 N–H and O–H groups in total. The summed E-state index contributed by atoms with van der Waals surface area (Å²) in [5.41, 5.74) is 1.56. The van der Waals surface area contributed by atoms with E-state index in [9.17, 15) is 18.0 Å². The topological polar surface area (TPSA) is 95.9 Å². The van der Waals surface area contributed by atoms with Crippen molar-refractivity contribution in [2.45, 2.75) is 32.5 Å². The molecule has 0 aliphatic carbocycles. The number of rotatable bonds is 4. The summed E-state index contributed by atoms with van der Waals surface area (Å²) in [5.74, 6) is -0.698. The Balaban J connectivity index is 1.76. The van der Waals surface area contributed by atoms with E-state index in [4.69, 9.17) is 0 Å². The Kier molecular flexibility index (Phi) is 5.34. The third-order valence-electron chi connectivity index (χ3n) is 4.54. The van der Waals surface area contributed by atoms with Crippen LogP contribution in [0.4, 0.5) is 24.8 Å². The summed E-state index contributed by atoms with van der Waals surface area (Å²) in [6.07, 6.45) is -2.83. The SMILES string of the molecule is CNC(=O)c1nc(C)c(C)c(N2CC[C@@H](Nc3ccnc(C(F)(F)F)n3)C2)n1. The number of anilines is 2. The first-order chi connectivity index (χ1) is 13.2. The van der Waals surface area contributed by atoms with Gasteiger partial charge >= 0.3 is 6.18 Å². The molecular weight excluding hydrogens is 375 g/mol. The molecule has 28 heavy (non-hydrogen) atoms. The average molecular weight is 395 g/mol. The van der Waals surface area contributed by atoms with Crippen LogP contribution in [-0.2, 0) is 6.18 Å². The minimum Gasteiger partial charge on any atom is -0.365 e. The quantitative estimate of drug-likeness (QED) is 0.817. The minimum absolute atomic E-state index is 0.0858. The number of hydrogen-bond donors (Lipinski definition) is 2. The zero-order chi connectivity index (χ0) is 20.5. The molecule has 3 rings (SSSR count). The van der Waals surface area contributed by atoms with E-state index in [1.165, 1.54) is 13.1 Å². The van der Waals surface area contributed by atoms with Crippen molar-refractivity contribution in [2.75, 3.05) is 30.4 Å². The summed E-state index contributed by atoms with van der Waals surface area (Å²) in [4.78, 5) is 29.3. The number of halogens is 3. The molecule has 3 heterocycles. The van der Waals surface area contributed by atoms with Crippen LogP contribution in [0.25, 0.3) is 0 Å². The summed E-state index contributed by atoms with van der Waals surface area (Å²) in [7, 11) is 1.51. The van der Waals surface area contributed by atoms with Crippen LogP contribution < -0.4 is 15.5 Å². The third-order valence-corrected chi connectivity index (χ3v) is 4.54. The Hall–Kier alpha value is -2.98. The first-order valence-electron chi connectivity index (χ1n) is 8.68. The molecule has 2 aromatic heterocycles. The van der Waals surface area contributed by atoms with E-state index < -0.39 is 12.0 Å². The summed E-state index contributed by atoms with van der Waals surface area (Å²) in [6, 6.07) is 1.29. The lowest BCUT2D eigenvalue weighted by Gasteiger charge is -2.21. The first kappa shape index (κ1) is 19.8. The molecule has 1 aliphatic rings. The lowest BCUT2D eigenvalue weighted by atomic mass is 10.2. The second kappa shape index (κ2) is 7.56. The van der Waals surface area contributed by atoms with Gasteiger partial charge in [0.2, 0.25) is 11.6 Å². The fraction of sp³-hybridized carbons (Fsp3) is 0.471. The predicted molar refractivity (Wildman–Crippen MR) is 96.2 cm³/mol. The van der Waals surface area contributed by atoms with Gasteiger partial charge in [0.25, 0.3) is 5.91 Å². The minimum atomic E-state index is -4.59. The molecule has 8 nitrogen and oxygen atoms in total. The van der Waals surface area contributed by atoms with Gasteiger partial charge in [-0.25, -0.2) is 19.9 Å². The van der Waals surface area contributed by atoms with Gasteiger partial charge in [0, 0.05) is 43.6 Å². The molecule has 0 unspecified atom stereocenters. The molecule has 2 aromatic rings. The molecule has 1 amide bonds. The van der Waals surface area contributed by atoms with Gasteiger partial charge in [-0.15, -0.1) is 0 Å². The predicted octanol–water partition coefficient (Wildman–Crippen LogP) is 1.95. The van der Waals surface area contributed by atoms with Gasteiger partial charge in [0.15, 0.2) is 0 Å². The largest absolute Gasteiger partial charge is 0.451 e. The lowest BCUT2D eigenvalue weighted by Crippen LogP contribution is -2.29. The second-order valence-electron chi connectivity index (χ2n) is 6.50. The van der Waals surface area contributed by atoms with Gasteiger partial charge in [-0.05, 0) is 26.3 Å². The molecule has 1 aliphatic heterocycles. The zero-order valence-electron chi connectivity index (χ0n) is 15.6. The molecule has 150 valence electrons. The van der Waals surface area contributed by atoms with E-state index in [-0.39, 0.29) is 23.6 Å². The van der Waals surface area contributed by atoms with Gasteiger partial charge in [-0.1, -0.05) is 0 Å². The van der Waals surface area contributed by atoms with E-state index >= 15 is 0 Å². The first-order valence-corrected chi connectivity index (χ1v) is 8.68. The second-order valence-corrected chi connectivity index (χ2v) is 6.50. The maximum absolute atomic E-state index is 12.8. The summed E-state index contributed by atoms with van der Waals surface area (Å²) in [6.45, 7) is 4.83. The van der Waals surface area contributed by atoms with Crippen LogP contribution in [0.3, 0.4) is 0 Å². The van der Waals surface area contributed by atoms with Crippen LogP contribution in [0.5, 0.6) is 0 Å². The monoisotopic (exact) mass is 395 g/mol. The Labute approximate surface area is 159 Å². The molecular formula is C17H20F3N7O. The number of alkyl halides is 3. The highest BCUT2D eigenvalue weighted by atomic mass is 19.4. The molecule has 1 saturated heterocycles. The maximum Gasteiger partial charge on any atom is 0.451 e. The standard InChI is InChI=1S/C17H20F3N7O/c1-9-10(2)23-13(15(28)21-3)26-14(9)27-7-5-11(8-27)24-12-4-6-22-16(25-12)17(18,19)20/h4,6,11H,5,7-8H2,1-3H3,(H,21,28)(H,22,24,25)/t11-/m1/s1. The van der Waals surface area contributed by atoms with Crippen LogP contribution >= 0.6 is 0 Å². The highest BCUT2D eigenvalue weighted by molar-refractivity contribution is 5.90. The Morgan fingerprint density at radius 3 is 2.68 bits per heavy atom. The Morgan fingerprint density at radius 1 is 1.25 bits per heavy atom. The smallest absolute Gasteiger partial charge is 0.365 e. The number of carbonyl (C=O) groups is 1. The fourth-order valence-electron chi connectivity index (χ4n) is 2.99. The molecule has 0 aromatic carbocycles. The Bertz CT molecular complexity index is 888. The van der Waals surface area contributed by atoms with E-state index in [0.29, 0.717) is 31.0 Å². The fourth-order valence-corrected chi connectivity index (χ4v) is 2.99. The van der Waals surface area contributed by atoms with Crippen LogP contribution in [0.15, 0.2) is 12.3 Å². The van der Waals surface area contributed by atoms with Gasteiger partial charge < -0.3 is 15.5 Å². The molecule has 0 spiro atoms. The summed E-state index contributed by atoms with van der Waals surface area (Å²) < 4.78 is 38.3. The van der Waals surface area contributed by atoms with Crippen molar-refractivity contribution in [1.29, 1.82) is 0 Å².